The summed E-state index contributed by atoms with van der Waals surface area (Å²) in [5, 5.41) is 0. The Morgan fingerprint density at radius 3 is 2.80 bits per heavy atom. The van der Waals surface area contributed by atoms with Gasteiger partial charge in [0.05, 0.1) is 11.7 Å². The van der Waals surface area contributed by atoms with E-state index in [2.05, 4.69) is 49.9 Å². The lowest BCUT2D eigenvalue weighted by Crippen LogP contribution is -2.58. The molecule has 1 heterocycles. The predicted molar refractivity (Wildman–Crippen MR) is 81.7 cm³/mol. The van der Waals surface area contributed by atoms with E-state index in [0.29, 0.717) is 6.04 Å². The third kappa shape index (κ3) is 2.62. The molecule has 2 N–H and O–H groups in total. The zero-order valence-corrected chi connectivity index (χ0v) is 12.8. The van der Waals surface area contributed by atoms with Gasteiger partial charge in [-0.05, 0) is 44.7 Å². The molecule has 0 bridgehead atoms. The van der Waals surface area contributed by atoms with Crippen LogP contribution in [0, 0.1) is 0 Å². The summed E-state index contributed by atoms with van der Waals surface area (Å²) in [7, 11) is 0. The summed E-state index contributed by atoms with van der Waals surface area (Å²) in [6, 6.07) is 9.20. The number of benzene rings is 1. The van der Waals surface area contributed by atoms with Crippen molar-refractivity contribution in [2.24, 2.45) is 5.73 Å². The molecular formula is C17H26N2O. The Balaban J connectivity index is 1.82. The Bertz CT molecular complexity index is 486. The topological polar surface area (TPSA) is 38.5 Å². The number of hydrogen-bond donors (Lipinski definition) is 1. The van der Waals surface area contributed by atoms with Crippen molar-refractivity contribution in [2.75, 3.05) is 13.1 Å². The molecular weight excluding hydrogens is 248 g/mol. The Kier molecular flexibility index (Phi) is 3.61. The Morgan fingerprint density at radius 2 is 2.05 bits per heavy atom. The van der Waals surface area contributed by atoms with Gasteiger partial charge in [-0.25, -0.2) is 0 Å². The minimum Gasteiger partial charge on any atom is -0.370 e. The molecule has 0 aromatic heterocycles. The van der Waals surface area contributed by atoms with Gasteiger partial charge in [-0.3, -0.25) is 4.90 Å². The van der Waals surface area contributed by atoms with Gasteiger partial charge in [0.2, 0.25) is 0 Å². The number of nitrogens with zero attached hydrogens (tertiary/aromatic N) is 1. The molecule has 3 nitrogen and oxygen atoms in total. The van der Waals surface area contributed by atoms with Crippen LogP contribution in [0.15, 0.2) is 24.3 Å². The molecule has 2 aliphatic rings. The first kappa shape index (κ1) is 14.1. The number of morpholine rings is 1. The molecule has 3 atom stereocenters. The van der Waals surface area contributed by atoms with E-state index in [-0.39, 0.29) is 17.7 Å². The Hall–Kier alpha value is -0.900. The maximum absolute atomic E-state index is 6.57. The molecule has 1 aromatic rings. The van der Waals surface area contributed by atoms with E-state index in [1.54, 1.807) is 0 Å². The summed E-state index contributed by atoms with van der Waals surface area (Å²) in [5.74, 6) is 0. The van der Waals surface area contributed by atoms with Crippen LogP contribution in [0.3, 0.4) is 0 Å². The highest BCUT2D eigenvalue weighted by Gasteiger charge is 2.38. The molecule has 0 spiro atoms. The summed E-state index contributed by atoms with van der Waals surface area (Å²) in [4.78, 5) is 2.55. The van der Waals surface area contributed by atoms with Crippen LogP contribution < -0.4 is 5.73 Å². The fourth-order valence-electron chi connectivity index (χ4n) is 3.94. The van der Waals surface area contributed by atoms with Gasteiger partial charge < -0.3 is 10.5 Å². The van der Waals surface area contributed by atoms with Crippen LogP contribution in [0.2, 0.25) is 0 Å². The zero-order valence-electron chi connectivity index (χ0n) is 12.8. The minimum absolute atomic E-state index is 0.0750. The van der Waals surface area contributed by atoms with E-state index < -0.39 is 0 Å². The standard InChI is InChI=1S/C17H26N2O/c1-12-10-19(11-17(2,3)20-12)15-9-8-13-6-4-5-7-14(13)16(15)18/h4-7,12,15-16H,8-11,18H2,1-3H3. The van der Waals surface area contributed by atoms with Crippen molar-refractivity contribution in [1.82, 2.24) is 4.90 Å². The third-order valence-corrected chi connectivity index (χ3v) is 4.60. The molecule has 1 aliphatic heterocycles. The van der Waals surface area contributed by atoms with Gasteiger partial charge in [0.15, 0.2) is 0 Å². The largest absolute Gasteiger partial charge is 0.370 e. The van der Waals surface area contributed by atoms with Gasteiger partial charge in [0.25, 0.3) is 0 Å². The van der Waals surface area contributed by atoms with E-state index in [4.69, 9.17) is 10.5 Å². The zero-order chi connectivity index (χ0) is 14.3. The maximum Gasteiger partial charge on any atom is 0.0757 e. The van der Waals surface area contributed by atoms with Crippen molar-refractivity contribution in [3.63, 3.8) is 0 Å². The normalized spacial score (nSPS) is 33.7. The van der Waals surface area contributed by atoms with Crippen LogP contribution in [-0.2, 0) is 11.2 Å². The van der Waals surface area contributed by atoms with E-state index in [0.717, 1.165) is 25.9 Å². The van der Waals surface area contributed by atoms with Crippen molar-refractivity contribution in [1.29, 1.82) is 0 Å². The lowest BCUT2D eigenvalue weighted by molar-refractivity contribution is -0.140. The van der Waals surface area contributed by atoms with Crippen molar-refractivity contribution in [2.45, 2.75) is 57.4 Å². The fraction of sp³-hybridized carbons (Fsp3) is 0.647. The average molecular weight is 274 g/mol. The number of ether oxygens (including phenoxy) is 1. The summed E-state index contributed by atoms with van der Waals surface area (Å²) >= 11 is 0. The molecule has 1 saturated heterocycles. The molecule has 0 saturated carbocycles. The summed E-state index contributed by atoms with van der Waals surface area (Å²) in [6.07, 6.45) is 2.57. The van der Waals surface area contributed by atoms with Gasteiger partial charge in [-0.1, -0.05) is 24.3 Å². The number of rotatable bonds is 1. The number of hydrogen-bond acceptors (Lipinski definition) is 3. The van der Waals surface area contributed by atoms with E-state index in [9.17, 15) is 0 Å². The van der Waals surface area contributed by atoms with Crippen LogP contribution in [0.1, 0.15) is 44.4 Å². The first-order chi connectivity index (χ1) is 9.46. The highest BCUT2D eigenvalue weighted by Crippen LogP contribution is 2.34. The van der Waals surface area contributed by atoms with Crippen LogP contribution in [0.4, 0.5) is 0 Å². The van der Waals surface area contributed by atoms with E-state index >= 15 is 0 Å². The molecule has 3 rings (SSSR count). The van der Waals surface area contributed by atoms with Gasteiger partial charge >= 0.3 is 0 Å². The molecule has 1 aromatic carbocycles. The van der Waals surface area contributed by atoms with E-state index in [1.165, 1.54) is 11.1 Å². The van der Waals surface area contributed by atoms with Crippen LogP contribution >= 0.6 is 0 Å². The molecule has 110 valence electrons. The third-order valence-electron chi connectivity index (χ3n) is 4.60. The fourth-order valence-corrected chi connectivity index (χ4v) is 3.94. The van der Waals surface area contributed by atoms with Crippen molar-refractivity contribution >= 4 is 0 Å². The SMILES string of the molecule is CC1CN(C2CCc3ccccc3C2N)CC(C)(C)O1. The number of aryl methyl sites for hydroxylation is 1. The second kappa shape index (κ2) is 5.14. The summed E-state index contributed by atoms with van der Waals surface area (Å²) < 4.78 is 6.02. The molecule has 1 fully saturated rings. The molecule has 0 radical (unpaired) electrons. The number of nitrogens with two attached hydrogens (primary N) is 1. The van der Waals surface area contributed by atoms with Gasteiger partial charge in [0.1, 0.15) is 0 Å². The van der Waals surface area contributed by atoms with E-state index in [1.807, 2.05) is 0 Å². The second-order valence-corrected chi connectivity index (χ2v) is 6.95. The average Bonchev–Trinajstić information content (AvgIpc) is 2.37. The molecule has 3 heteroatoms. The molecule has 20 heavy (non-hydrogen) atoms. The van der Waals surface area contributed by atoms with Gasteiger partial charge in [-0.15, -0.1) is 0 Å². The summed E-state index contributed by atoms with van der Waals surface area (Å²) in [6.45, 7) is 8.48. The lowest BCUT2D eigenvalue weighted by atomic mass is 9.83. The smallest absolute Gasteiger partial charge is 0.0757 e. The van der Waals surface area contributed by atoms with Crippen molar-refractivity contribution < 1.29 is 4.74 Å². The monoisotopic (exact) mass is 274 g/mol. The second-order valence-electron chi connectivity index (χ2n) is 6.95. The van der Waals surface area contributed by atoms with Crippen molar-refractivity contribution in [3.8, 4) is 0 Å². The molecule has 0 amide bonds. The van der Waals surface area contributed by atoms with Crippen LogP contribution in [0.25, 0.3) is 0 Å². The Labute approximate surface area is 122 Å². The maximum atomic E-state index is 6.57. The van der Waals surface area contributed by atoms with Gasteiger partial charge in [-0.2, -0.15) is 0 Å². The molecule has 1 aliphatic carbocycles. The van der Waals surface area contributed by atoms with Crippen molar-refractivity contribution in [3.05, 3.63) is 35.4 Å². The summed E-state index contributed by atoms with van der Waals surface area (Å²) in [5.41, 5.74) is 9.26. The lowest BCUT2D eigenvalue weighted by Gasteiger charge is -2.48. The Morgan fingerprint density at radius 1 is 1.30 bits per heavy atom. The highest BCUT2D eigenvalue weighted by atomic mass is 16.5. The first-order valence-corrected chi connectivity index (χ1v) is 7.71. The minimum atomic E-state index is -0.0750. The predicted octanol–water partition coefficient (Wildman–Crippen LogP) is 2.50. The van der Waals surface area contributed by atoms with Gasteiger partial charge in [0, 0.05) is 25.2 Å². The van der Waals surface area contributed by atoms with Crippen LogP contribution in [0.5, 0.6) is 0 Å². The number of fused-ring (bicyclic) bond motifs is 1. The molecule has 3 unspecified atom stereocenters. The quantitative estimate of drug-likeness (QED) is 0.855. The van der Waals surface area contributed by atoms with Crippen LogP contribution in [-0.4, -0.2) is 35.7 Å². The highest BCUT2D eigenvalue weighted by molar-refractivity contribution is 5.33. The first-order valence-electron chi connectivity index (χ1n) is 7.71.